The van der Waals surface area contributed by atoms with Gasteiger partial charge in [-0.3, -0.25) is 0 Å². The van der Waals surface area contributed by atoms with Gasteiger partial charge >= 0.3 is 5.97 Å². The first-order valence-electron chi connectivity index (χ1n) is 10.3. The molecule has 0 spiro atoms. The molecule has 0 aliphatic heterocycles. The van der Waals surface area contributed by atoms with E-state index >= 15 is 0 Å². The maximum Gasteiger partial charge on any atom is 0.331 e. The molecule has 0 saturated heterocycles. The molecule has 0 amide bonds. The Morgan fingerprint density at radius 2 is 1.83 bits per heavy atom. The van der Waals surface area contributed by atoms with Crippen LogP contribution in [0, 0.1) is 0 Å². The Hall–Kier alpha value is -3.34. The largest absolute Gasteiger partial charge is 0.497 e. The summed E-state index contributed by atoms with van der Waals surface area (Å²) in [4.78, 5) is 16.5. The van der Waals surface area contributed by atoms with E-state index in [0.717, 1.165) is 47.7 Å². The number of hydrogen-bond acceptors (Lipinski definition) is 3. The maximum absolute atomic E-state index is 11.9. The van der Waals surface area contributed by atoms with Crippen molar-refractivity contribution >= 4 is 12.0 Å². The second-order valence-corrected chi connectivity index (χ2v) is 7.27. The van der Waals surface area contributed by atoms with E-state index in [0.29, 0.717) is 18.5 Å². The summed E-state index contributed by atoms with van der Waals surface area (Å²) in [5, 5.41) is 9.77. The molecule has 0 atom stereocenters. The zero-order chi connectivity index (χ0) is 21.3. The van der Waals surface area contributed by atoms with Crippen LogP contribution in [-0.4, -0.2) is 27.7 Å². The number of methoxy groups -OCH3 is 1. The smallest absolute Gasteiger partial charge is 0.331 e. The van der Waals surface area contributed by atoms with Crippen LogP contribution in [0.15, 0.2) is 66.4 Å². The maximum atomic E-state index is 11.9. The minimum atomic E-state index is -0.911. The van der Waals surface area contributed by atoms with Gasteiger partial charge in [0.2, 0.25) is 0 Å². The molecule has 0 aliphatic rings. The number of aryl methyl sites for hydroxylation is 1. The molecule has 0 fully saturated rings. The van der Waals surface area contributed by atoms with Gasteiger partial charge in [-0.25, -0.2) is 9.78 Å². The molecule has 156 valence electrons. The highest BCUT2D eigenvalue weighted by molar-refractivity contribution is 5.92. The summed E-state index contributed by atoms with van der Waals surface area (Å²) in [6, 6.07) is 17.6. The van der Waals surface area contributed by atoms with Crippen molar-refractivity contribution < 1.29 is 14.6 Å². The lowest BCUT2D eigenvalue weighted by atomic mass is 10.0. The zero-order valence-electron chi connectivity index (χ0n) is 17.5. The molecule has 0 saturated carbocycles. The van der Waals surface area contributed by atoms with Gasteiger partial charge in [0.25, 0.3) is 0 Å². The Kier molecular flexibility index (Phi) is 7.44. The Labute approximate surface area is 177 Å². The van der Waals surface area contributed by atoms with Crippen LogP contribution in [0.5, 0.6) is 5.75 Å². The molecule has 0 radical (unpaired) electrons. The second kappa shape index (κ2) is 10.4. The summed E-state index contributed by atoms with van der Waals surface area (Å²) in [6.45, 7) is 2.78. The Morgan fingerprint density at radius 3 is 2.47 bits per heavy atom. The first-order valence-corrected chi connectivity index (χ1v) is 10.3. The lowest BCUT2D eigenvalue weighted by Gasteiger charge is -2.12. The SMILES string of the molecule is CCCCc1ncc(/C=C(\Cc2ccccc2)C(=O)O)n1Cc1ccc(OC)cc1. The summed E-state index contributed by atoms with van der Waals surface area (Å²) in [7, 11) is 1.65. The van der Waals surface area contributed by atoms with Crippen molar-refractivity contribution in [2.24, 2.45) is 0 Å². The van der Waals surface area contributed by atoms with E-state index in [-0.39, 0.29) is 0 Å². The molecule has 0 unspecified atom stereocenters. The molecular formula is C25H28N2O3. The number of benzene rings is 2. The van der Waals surface area contributed by atoms with Gasteiger partial charge in [-0.1, -0.05) is 55.8 Å². The summed E-state index contributed by atoms with van der Waals surface area (Å²) >= 11 is 0. The van der Waals surface area contributed by atoms with E-state index in [1.807, 2.05) is 54.6 Å². The average molecular weight is 405 g/mol. The third kappa shape index (κ3) is 5.60. The summed E-state index contributed by atoms with van der Waals surface area (Å²) < 4.78 is 7.36. The number of unbranched alkanes of at least 4 members (excludes halogenated alkanes) is 1. The van der Waals surface area contributed by atoms with Gasteiger partial charge in [0.05, 0.1) is 19.0 Å². The lowest BCUT2D eigenvalue weighted by Crippen LogP contribution is -2.09. The van der Waals surface area contributed by atoms with Gasteiger partial charge in [-0.05, 0) is 35.8 Å². The zero-order valence-corrected chi connectivity index (χ0v) is 17.5. The predicted molar refractivity (Wildman–Crippen MR) is 119 cm³/mol. The van der Waals surface area contributed by atoms with Gasteiger partial charge in [0, 0.05) is 25.0 Å². The van der Waals surface area contributed by atoms with Crippen LogP contribution in [0.4, 0.5) is 0 Å². The van der Waals surface area contributed by atoms with Crippen LogP contribution >= 0.6 is 0 Å². The molecule has 0 aliphatic carbocycles. The third-order valence-corrected chi connectivity index (χ3v) is 5.06. The molecule has 1 heterocycles. The molecule has 1 aromatic heterocycles. The number of hydrogen-bond donors (Lipinski definition) is 1. The molecule has 3 rings (SSSR count). The highest BCUT2D eigenvalue weighted by Crippen LogP contribution is 2.19. The third-order valence-electron chi connectivity index (χ3n) is 5.06. The normalized spacial score (nSPS) is 11.5. The number of ether oxygens (including phenoxy) is 1. The summed E-state index contributed by atoms with van der Waals surface area (Å²) in [5.41, 5.74) is 3.24. The van der Waals surface area contributed by atoms with Crippen molar-refractivity contribution in [3.8, 4) is 5.75 Å². The molecule has 30 heavy (non-hydrogen) atoms. The van der Waals surface area contributed by atoms with E-state index in [1.54, 1.807) is 19.4 Å². The van der Waals surface area contributed by atoms with Crippen LogP contribution < -0.4 is 4.74 Å². The van der Waals surface area contributed by atoms with Crippen molar-refractivity contribution in [2.45, 2.75) is 39.2 Å². The van der Waals surface area contributed by atoms with Crippen molar-refractivity contribution in [2.75, 3.05) is 7.11 Å². The molecule has 0 bridgehead atoms. The van der Waals surface area contributed by atoms with E-state index in [9.17, 15) is 9.90 Å². The van der Waals surface area contributed by atoms with Crippen molar-refractivity contribution in [3.05, 3.63) is 89.0 Å². The molecule has 3 aromatic rings. The summed E-state index contributed by atoms with van der Waals surface area (Å²) in [6.07, 6.45) is 6.88. The second-order valence-electron chi connectivity index (χ2n) is 7.27. The average Bonchev–Trinajstić information content (AvgIpc) is 3.14. The van der Waals surface area contributed by atoms with Gasteiger partial charge in [-0.2, -0.15) is 0 Å². The lowest BCUT2D eigenvalue weighted by molar-refractivity contribution is -0.132. The fourth-order valence-electron chi connectivity index (χ4n) is 3.36. The quantitative estimate of drug-likeness (QED) is 0.483. The minimum Gasteiger partial charge on any atom is -0.497 e. The van der Waals surface area contributed by atoms with Crippen molar-refractivity contribution in [1.29, 1.82) is 0 Å². The van der Waals surface area contributed by atoms with Crippen LogP contribution in [0.3, 0.4) is 0 Å². The number of rotatable bonds is 10. The number of nitrogens with zero attached hydrogens (tertiary/aromatic N) is 2. The van der Waals surface area contributed by atoms with Crippen molar-refractivity contribution in [3.63, 3.8) is 0 Å². The van der Waals surface area contributed by atoms with Crippen LogP contribution in [0.1, 0.15) is 42.4 Å². The Morgan fingerprint density at radius 1 is 1.10 bits per heavy atom. The number of carbonyl (C=O) groups is 1. The van der Waals surface area contributed by atoms with Gasteiger partial charge in [0.15, 0.2) is 0 Å². The predicted octanol–water partition coefficient (Wildman–Crippen LogP) is 4.99. The number of imidazole rings is 1. The van der Waals surface area contributed by atoms with E-state index < -0.39 is 5.97 Å². The van der Waals surface area contributed by atoms with Crippen LogP contribution in [-0.2, 0) is 24.2 Å². The monoisotopic (exact) mass is 404 g/mol. The molecule has 5 heteroatoms. The number of aromatic nitrogens is 2. The Balaban J connectivity index is 1.94. The van der Waals surface area contributed by atoms with E-state index in [1.165, 1.54) is 0 Å². The molecule has 5 nitrogen and oxygen atoms in total. The fourth-order valence-corrected chi connectivity index (χ4v) is 3.36. The molecular weight excluding hydrogens is 376 g/mol. The van der Waals surface area contributed by atoms with Crippen LogP contribution in [0.2, 0.25) is 0 Å². The fraction of sp³-hybridized carbons (Fsp3) is 0.280. The van der Waals surface area contributed by atoms with Gasteiger partial charge < -0.3 is 14.4 Å². The molecule has 1 N–H and O–H groups in total. The highest BCUT2D eigenvalue weighted by Gasteiger charge is 2.14. The van der Waals surface area contributed by atoms with Gasteiger partial charge in [-0.15, -0.1) is 0 Å². The summed E-state index contributed by atoms with van der Waals surface area (Å²) in [5.74, 6) is 0.876. The minimum absolute atomic E-state index is 0.346. The van der Waals surface area contributed by atoms with E-state index in [2.05, 4.69) is 16.5 Å². The highest BCUT2D eigenvalue weighted by atomic mass is 16.5. The number of carboxylic acid groups (broad SMARTS) is 1. The standard InChI is InChI=1S/C25H28N2O3/c1-3-4-10-24-26-17-22(27(24)18-20-11-13-23(30-2)14-12-20)16-21(25(28)29)15-19-8-6-5-7-9-19/h5-9,11-14,16-17H,3-4,10,15,18H2,1-2H3,(H,28,29)/b21-16+. The topological polar surface area (TPSA) is 64.3 Å². The van der Waals surface area contributed by atoms with E-state index in [4.69, 9.17) is 4.74 Å². The van der Waals surface area contributed by atoms with Crippen LogP contribution in [0.25, 0.3) is 6.08 Å². The molecule has 2 aromatic carbocycles. The first kappa shape index (κ1) is 21.4. The Bertz CT molecular complexity index is 989. The van der Waals surface area contributed by atoms with Crippen molar-refractivity contribution in [1.82, 2.24) is 9.55 Å². The first-order chi connectivity index (χ1) is 14.6. The number of aliphatic carboxylic acids is 1. The van der Waals surface area contributed by atoms with Gasteiger partial charge in [0.1, 0.15) is 11.6 Å². The number of carboxylic acids is 1.